The summed E-state index contributed by atoms with van der Waals surface area (Å²) >= 11 is 0. The van der Waals surface area contributed by atoms with Crippen LogP contribution in [-0.4, -0.2) is 27.9 Å². The molecule has 1 fully saturated rings. The van der Waals surface area contributed by atoms with Crippen LogP contribution in [0.2, 0.25) is 0 Å². The van der Waals surface area contributed by atoms with Gasteiger partial charge in [-0.3, -0.25) is 0 Å². The molecule has 2 heterocycles. The molecule has 0 unspecified atom stereocenters. The third-order valence-electron chi connectivity index (χ3n) is 4.84. The van der Waals surface area contributed by atoms with Gasteiger partial charge in [0, 0.05) is 24.4 Å². The number of halogens is 1. The van der Waals surface area contributed by atoms with Crippen molar-refractivity contribution in [3.05, 3.63) is 47.8 Å². The zero-order chi connectivity index (χ0) is 16.8. The van der Waals surface area contributed by atoms with Crippen molar-refractivity contribution in [2.24, 2.45) is 0 Å². The van der Waals surface area contributed by atoms with E-state index in [0.29, 0.717) is 12.0 Å². The molecule has 6 heteroatoms. The molecule has 0 amide bonds. The van der Waals surface area contributed by atoms with Crippen molar-refractivity contribution in [1.29, 1.82) is 0 Å². The summed E-state index contributed by atoms with van der Waals surface area (Å²) < 4.78 is 28.2. The molecule has 1 aromatic heterocycles. The molecule has 1 aromatic carbocycles. The van der Waals surface area contributed by atoms with E-state index in [9.17, 15) is 4.39 Å². The molecule has 1 aliphatic rings. The number of rotatable bonds is 3. The monoisotopic (exact) mass is 316 g/mol. The molecule has 0 saturated carbocycles. The highest BCUT2D eigenvalue weighted by Crippen LogP contribution is 2.36. The van der Waals surface area contributed by atoms with Crippen LogP contribution in [0.3, 0.4) is 0 Å². The van der Waals surface area contributed by atoms with Crippen LogP contribution in [-0.2, 0) is 15.9 Å². The van der Waals surface area contributed by atoms with Crippen LogP contribution >= 0.6 is 0 Å². The number of imidazole rings is 1. The number of aryl methyl sites for hydroxylation is 1. The zero-order valence-electron chi connectivity index (χ0n) is 14.3. The topological polar surface area (TPSA) is 36.3 Å². The molecule has 0 atom stereocenters. The highest BCUT2D eigenvalue weighted by atomic mass is 19.1. The second-order valence-corrected chi connectivity index (χ2v) is 7.05. The summed E-state index contributed by atoms with van der Waals surface area (Å²) in [7, 11) is -0.691. The van der Waals surface area contributed by atoms with Crippen molar-refractivity contribution < 1.29 is 13.7 Å². The molecular weight excluding hydrogens is 294 g/mol. The Hall–Kier alpha value is -1.66. The minimum absolute atomic E-state index is 0.311. The van der Waals surface area contributed by atoms with E-state index in [1.54, 1.807) is 12.3 Å². The first-order valence-corrected chi connectivity index (χ1v) is 7.81. The van der Waals surface area contributed by atoms with Crippen molar-refractivity contribution in [2.45, 2.75) is 52.4 Å². The molecule has 0 radical (unpaired) electrons. The molecular formula is C17H22BFN2O2. The van der Waals surface area contributed by atoms with E-state index in [1.807, 2.05) is 51.4 Å². The van der Waals surface area contributed by atoms with E-state index >= 15 is 0 Å². The Balaban J connectivity index is 1.89. The van der Waals surface area contributed by atoms with E-state index in [2.05, 4.69) is 4.98 Å². The van der Waals surface area contributed by atoms with Crippen LogP contribution in [0.25, 0.3) is 0 Å². The first-order valence-electron chi connectivity index (χ1n) is 7.81. The van der Waals surface area contributed by atoms with Gasteiger partial charge in [-0.1, -0.05) is 12.1 Å². The summed E-state index contributed by atoms with van der Waals surface area (Å²) in [6.45, 7) is 10.4. The predicted octanol–water partition coefficient (Wildman–Crippen LogP) is 2.68. The Morgan fingerprint density at radius 2 is 1.83 bits per heavy atom. The lowest BCUT2D eigenvalue weighted by Gasteiger charge is -2.32. The van der Waals surface area contributed by atoms with Crippen LogP contribution in [0.1, 0.15) is 39.1 Å². The van der Waals surface area contributed by atoms with Gasteiger partial charge < -0.3 is 13.9 Å². The summed E-state index contributed by atoms with van der Waals surface area (Å²) in [6, 6.07) is 5.07. The minimum Gasteiger partial charge on any atom is -0.399 e. The Labute approximate surface area is 136 Å². The molecule has 3 rings (SSSR count). The van der Waals surface area contributed by atoms with Gasteiger partial charge in [-0.15, -0.1) is 0 Å². The van der Waals surface area contributed by atoms with Crippen LogP contribution in [0.5, 0.6) is 0 Å². The molecule has 2 aromatic rings. The lowest BCUT2D eigenvalue weighted by atomic mass is 9.78. The quantitative estimate of drug-likeness (QED) is 0.817. The fraction of sp³-hybridized carbons (Fsp3) is 0.471. The largest absolute Gasteiger partial charge is 0.497 e. The first kappa shape index (κ1) is 16.2. The van der Waals surface area contributed by atoms with E-state index in [0.717, 1.165) is 11.4 Å². The molecule has 0 N–H and O–H groups in total. The van der Waals surface area contributed by atoms with Gasteiger partial charge in [-0.05, 0) is 46.2 Å². The summed E-state index contributed by atoms with van der Waals surface area (Å²) in [4.78, 5) is 4.21. The smallest absolute Gasteiger partial charge is 0.399 e. The Kier molecular flexibility index (Phi) is 3.85. The van der Waals surface area contributed by atoms with Crippen molar-refractivity contribution in [1.82, 2.24) is 9.55 Å². The van der Waals surface area contributed by atoms with E-state index in [-0.39, 0.29) is 5.82 Å². The van der Waals surface area contributed by atoms with E-state index in [1.165, 1.54) is 6.07 Å². The average Bonchev–Trinajstić information content (AvgIpc) is 2.93. The van der Waals surface area contributed by atoms with Gasteiger partial charge in [-0.25, -0.2) is 9.37 Å². The van der Waals surface area contributed by atoms with Crippen LogP contribution in [0.15, 0.2) is 30.6 Å². The molecule has 1 aliphatic heterocycles. The molecule has 0 spiro atoms. The van der Waals surface area contributed by atoms with Gasteiger partial charge in [0.05, 0.1) is 11.2 Å². The highest BCUT2D eigenvalue weighted by Gasteiger charge is 2.52. The maximum Gasteiger partial charge on any atom is 0.497 e. The summed E-state index contributed by atoms with van der Waals surface area (Å²) in [5.74, 6) is 0.612. The number of hydrogen-bond donors (Lipinski definition) is 0. The molecule has 1 saturated heterocycles. The lowest BCUT2D eigenvalue weighted by molar-refractivity contribution is 0.00578. The number of nitrogens with zero attached hydrogens (tertiary/aromatic N) is 2. The van der Waals surface area contributed by atoms with Crippen LogP contribution < -0.4 is 5.46 Å². The van der Waals surface area contributed by atoms with Crippen LogP contribution in [0.4, 0.5) is 4.39 Å². The average molecular weight is 316 g/mol. The van der Waals surface area contributed by atoms with E-state index in [4.69, 9.17) is 9.31 Å². The normalized spacial score (nSPS) is 19.3. The number of aromatic nitrogens is 2. The van der Waals surface area contributed by atoms with E-state index < -0.39 is 18.3 Å². The van der Waals surface area contributed by atoms with Crippen molar-refractivity contribution in [3.63, 3.8) is 0 Å². The van der Waals surface area contributed by atoms with Gasteiger partial charge in [0.1, 0.15) is 11.6 Å². The van der Waals surface area contributed by atoms with Gasteiger partial charge in [-0.2, -0.15) is 0 Å². The Morgan fingerprint density at radius 3 is 2.39 bits per heavy atom. The van der Waals surface area contributed by atoms with Crippen molar-refractivity contribution in [3.8, 4) is 0 Å². The molecule has 0 bridgehead atoms. The SMILES string of the molecule is Cc1nccn1Cc1ccc(F)c(B2OC(C)(C)C(C)(C)O2)c1. The molecule has 4 nitrogen and oxygen atoms in total. The molecule has 0 aliphatic carbocycles. The first-order chi connectivity index (χ1) is 10.7. The third-order valence-corrected chi connectivity index (χ3v) is 4.84. The molecule has 122 valence electrons. The minimum atomic E-state index is -0.691. The third kappa shape index (κ3) is 2.93. The van der Waals surface area contributed by atoms with Crippen LogP contribution in [0, 0.1) is 12.7 Å². The van der Waals surface area contributed by atoms with Crippen molar-refractivity contribution in [2.75, 3.05) is 0 Å². The number of benzene rings is 1. The maximum atomic E-state index is 14.3. The van der Waals surface area contributed by atoms with Gasteiger partial charge in [0.25, 0.3) is 0 Å². The fourth-order valence-electron chi connectivity index (χ4n) is 2.61. The molecule has 23 heavy (non-hydrogen) atoms. The van der Waals surface area contributed by atoms with Crippen molar-refractivity contribution >= 4 is 12.6 Å². The highest BCUT2D eigenvalue weighted by molar-refractivity contribution is 6.62. The number of hydrogen-bond acceptors (Lipinski definition) is 3. The maximum absolute atomic E-state index is 14.3. The second-order valence-electron chi connectivity index (χ2n) is 7.05. The lowest BCUT2D eigenvalue weighted by Crippen LogP contribution is -2.41. The van der Waals surface area contributed by atoms with Gasteiger partial charge in [0.2, 0.25) is 0 Å². The summed E-state index contributed by atoms with van der Waals surface area (Å²) in [5, 5.41) is 0. The Morgan fingerprint density at radius 1 is 1.17 bits per heavy atom. The second kappa shape index (κ2) is 5.46. The zero-order valence-corrected chi connectivity index (χ0v) is 14.3. The summed E-state index contributed by atoms with van der Waals surface area (Å²) in [5.41, 5.74) is 0.457. The predicted molar refractivity (Wildman–Crippen MR) is 88.2 cm³/mol. The summed E-state index contributed by atoms with van der Waals surface area (Å²) in [6.07, 6.45) is 3.67. The Bertz CT molecular complexity index is 711. The van der Waals surface area contributed by atoms with Gasteiger partial charge >= 0.3 is 7.12 Å². The fourth-order valence-corrected chi connectivity index (χ4v) is 2.61. The van der Waals surface area contributed by atoms with Gasteiger partial charge in [0.15, 0.2) is 0 Å². The standard InChI is InChI=1S/C17H22BFN2O2/c1-12-20-8-9-21(12)11-13-6-7-15(19)14(10-13)18-22-16(2,3)17(4,5)23-18/h6-10H,11H2,1-5H3.